The fourth-order valence-corrected chi connectivity index (χ4v) is 5.24. The first-order chi connectivity index (χ1) is 18.8. The van der Waals surface area contributed by atoms with Crippen LogP contribution in [0.25, 0.3) is 22.6 Å². The van der Waals surface area contributed by atoms with Gasteiger partial charge in [-0.05, 0) is 74.9 Å². The largest absolute Gasteiger partial charge is 0.470 e. The second-order valence-electron chi connectivity index (χ2n) is 10.9. The first kappa shape index (κ1) is 25.7. The number of pyridine rings is 1. The summed E-state index contributed by atoms with van der Waals surface area (Å²) in [6.45, 7) is 5.70. The van der Waals surface area contributed by atoms with Crippen molar-refractivity contribution >= 4 is 28.7 Å². The van der Waals surface area contributed by atoms with Crippen molar-refractivity contribution in [2.45, 2.75) is 64.2 Å². The van der Waals surface area contributed by atoms with Gasteiger partial charge in [0, 0.05) is 24.8 Å². The number of fused-ring (bicyclic) bond motifs is 1. The second-order valence-corrected chi connectivity index (χ2v) is 11.3. The van der Waals surface area contributed by atoms with Crippen LogP contribution in [0.2, 0.25) is 5.02 Å². The zero-order chi connectivity index (χ0) is 27.1. The number of carbonyl (C=O) groups is 1. The monoisotopic (exact) mass is 546 g/mol. The number of ether oxygens (including phenoxy) is 1. The Hall–Kier alpha value is -3.56. The number of aromatic nitrogens is 5. The van der Waals surface area contributed by atoms with E-state index in [0.717, 1.165) is 35.2 Å². The van der Waals surface area contributed by atoms with Crippen LogP contribution in [-0.4, -0.2) is 65.2 Å². The van der Waals surface area contributed by atoms with Gasteiger partial charge in [-0.2, -0.15) is 4.98 Å². The Morgan fingerprint density at radius 1 is 1.15 bits per heavy atom. The Balaban J connectivity index is 1.36. The molecular weight excluding hydrogens is 516 g/mol. The zero-order valence-electron chi connectivity index (χ0n) is 22.1. The lowest BCUT2D eigenvalue weighted by molar-refractivity contribution is -0.132. The standard InChI is InChI=1S/C29H31ClN6O3/c1-18-5-10-31-20(13-18)16-36-26(34-25-27(36)32-17-33-28(25)39-29(2)8-9-29)22-4-3-19(14-23(22)30)15-24(38)35-11-6-21(37)7-12-35/h3-5,10,13-14,17,21,37H,6-9,11-12,15-16H2,1-2H3. The summed E-state index contributed by atoms with van der Waals surface area (Å²) in [6, 6.07) is 9.65. The third-order valence-electron chi connectivity index (χ3n) is 7.53. The molecule has 4 heterocycles. The van der Waals surface area contributed by atoms with Gasteiger partial charge in [0.1, 0.15) is 17.8 Å². The van der Waals surface area contributed by atoms with Crippen LogP contribution in [0.15, 0.2) is 42.9 Å². The number of nitrogens with zero attached hydrogens (tertiary/aromatic N) is 6. The molecule has 3 aromatic heterocycles. The van der Waals surface area contributed by atoms with Crippen LogP contribution in [0.1, 0.15) is 49.4 Å². The molecule has 9 nitrogen and oxygen atoms in total. The summed E-state index contributed by atoms with van der Waals surface area (Å²) < 4.78 is 8.22. The van der Waals surface area contributed by atoms with Crippen LogP contribution in [0.3, 0.4) is 0 Å². The van der Waals surface area contributed by atoms with E-state index in [1.54, 1.807) is 6.20 Å². The highest BCUT2D eigenvalue weighted by Crippen LogP contribution is 2.41. The maximum atomic E-state index is 12.8. The van der Waals surface area contributed by atoms with Gasteiger partial charge in [0.15, 0.2) is 11.2 Å². The molecule has 1 aromatic carbocycles. The number of amides is 1. The first-order valence-corrected chi connectivity index (χ1v) is 13.7. The summed E-state index contributed by atoms with van der Waals surface area (Å²) in [7, 11) is 0. The SMILES string of the molecule is Cc1ccnc(Cn2c(-c3ccc(CC(=O)N4CCC(O)CC4)cc3Cl)nc3c(OC4(C)CC4)ncnc32)c1. The summed E-state index contributed by atoms with van der Waals surface area (Å²) in [4.78, 5) is 33.1. The number of aliphatic hydroxyl groups excluding tert-OH is 1. The third-order valence-corrected chi connectivity index (χ3v) is 7.85. The maximum Gasteiger partial charge on any atom is 0.245 e. The average Bonchev–Trinajstić information content (AvgIpc) is 3.52. The highest BCUT2D eigenvalue weighted by molar-refractivity contribution is 6.33. The van der Waals surface area contributed by atoms with E-state index in [4.69, 9.17) is 21.3 Å². The number of piperidine rings is 1. The number of benzene rings is 1. The molecule has 0 unspecified atom stereocenters. The number of imidazole rings is 1. The molecule has 39 heavy (non-hydrogen) atoms. The minimum atomic E-state index is -0.320. The quantitative estimate of drug-likeness (QED) is 0.367. The number of aliphatic hydroxyl groups is 1. The van der Waals surface area contributed by atoms with E-state index in [0.29, 0.717) is 60.4 Å². The molecule has 0 radical (unpaired) electrons. The van der Waals surface area contributed by atoms with Crippen molar-refractivity contribution in [2.24, 2.45) is 0 Å². The molecule has 1 aliphatic carbocycles. The van der Waals surface area contributed by atoms with Gasteiger partial charge in [-0.3, -0.25) is 9.78 Å². The average molecular weight is 547 g/mol. The van der Waals surface area contributed by atoms with Crippen LogP contribution in [0.5, 0.6) is 5.88 Å². The molecule has 6 rings (SSSR count). The molecule has 4 aromatic rings. The Labute approximate surface area is 231 Å². The van der Waals surface area contributed by atoms with Gasteiger partial charge < -0.3 is 19.3 Å². The van der Waals surface area contributed by atoms with Crippen LogP contribution >= 0.6 is 11.6 Å². The van der Waals surface area contributed by atoms with Gasteiger partial charge in [0.05, 0.1) is 29.8 Å². The lowest BCUT2D eigenvalue weighted by atomic mass is 10.0. The Kier molecular flexibility index (Phi) is 6.72. The summed E-state index contributed by atoms with van der Waals surface area (Å²) in [6.07, 6.45) is 6.41. The lowest BCUT2D eigenvalue weighted by Crippen LogP contribution is -2.40. The number of halogens is 1. The summed E-state index contributed by atoms with van der Waals surface area (Å²) in [5.41, 5.74) is 4.54. The fourth-order valence-electron chi connectivity index (χ4n) is 4.96. The van der Waals surface area contributed by atoms with Gasteiger partial charge in [-0.25, -0.2) is 9.97 Å². The number of aryl methyl sites for hydroxylation is 1. The van der Waals surface area contributed by atoms with Crippen molar-refractivity contribution in [3.8, 4) is 17.3 Å². The molecule has 1 N–H and O–H groups in total. The molecule has 1 saturated heterocycles. The van der Waals surface area contributed by atoms with Gasteiger partial charge in [-0.1, -0.05) is 17.7 Å². The molecule has 0 bridgehead atoms. The predicted molar refractivity (Wildman–Crippen MR) is 148 cm³/mol. The highest BCUT2D eigenvalue weighted by Gasteiger charge is 2.41. The van der Waals surface area contributed by atoms with Gasteiger partial charge in [0.25, 0.3) is 0 Å². The van der Waals surface area contributed by atoms with E-state index in [2.05, 4.69) is 21.9 Å². The molecule has 1 amide bonds. The summed E-state index contributed by atoms with van der Waals surface area (Å²) in [5.74, 6) is 1.13. The van der Waals surface area contributed by atoms with E-state index in [1.165, 1.54) is 6.33 Å². The number of hydrogen-bond donors (Lipinski definition) is 1. The smallest absolute Gasteiger partial charge is 0.245 e. The van der Waals surface area contributed by atoms with Crippen molar-refractivity contribution in [3.63, 3.8) is 0 Å². The Morgan fingerprint density at radius 2 is 1.95 bits per heavy atom. The van der Waals surface area contributed by atoms with Gasteiger partial charge >= 0.3 is 0 Å². The van der Waals surface area contributed by atoms with E-state index in [9.17, 15) is 9.90 Å². The first-order valence-electron chi connectivity index (χ1n) is 13.3. The second kappa shape index (κ2) is 10.2. The number of likely N-dealkylation sites (tertiary alicyclic amines) is 1. The lowest BCUT2D eigenvalue weighted by Gasteiger charge is -2.29. The van der Waals surface area contributed by atoms with Crippen LogP contribution < -0.4 is 4.74 Å². The topological polar surface area (TPSA) is 106 Å². The molecule has 0 atom stereocenters. The molecule has 10 heteroatoms. The molecule has 2 fully saturated rings. The highest BCUT2D eigenvalue weighted by atomic mass is 35.5. The van der Waals surface area contributed by atoms with E-state index in [-0.39, 0.29) is 24.0 Å². The predicted octanol–water partition coefficient (Wildman–Crippen LogP) is 4.36. The van der Waals surface area contributed by atoms with Crippen LogP contribution in [0, 0.1) is 6.92 Å². The minimum Gasteiger partial charge on any atom is -0.470 e. The zero-order valence-corrected chi connectivity index (χ0v) is 22.9. The summed E-state index contributed by atoms with van der Waals surface area (Å²) in [5, 5.41) is 10.2. The van der Waals surface area contributed by atoms with Crippen molar-refractivity contribution in [1.29, 1.82) is 0 Å². The van der Waals surface area contributed by atoms with Crippen LogP contribution in [-0.2, 0) is 17.8 Å². The van der Waals surface area contributed by atoms with E-state index < -0.39 is 0 Å². The van der Waals surface area contributed by atoms with Gasteiger partial charge in [0.2, 0.25) is 11.8 Å². The molecular formula is C29H31ClN6O3. The van der Waals surface area contributed by atoms with Gasteiger partial charge in [-0.15, -0.1) is 0 Å². The molecule has 1 aliphatic heterocycles. The third kappa shape index (κ3) is 5.46. The molecule has 1 saturated carbocycles. The fraction of sp³-hybridized carbons (Fsp3) is 0.414. The van der Waals surface area contributed by atoms with Crippen LogP contribution in [0.4, 0.5) is 0 Å². The molecule has 202 valence electrons. The van der Waals surface area contributed by atoms with Crippen molar-refractivity contribution < 1.29 is 14.6 Å². The number of hydrogen-bond acceptors (Lipinski definition) is 7. The van der Waals surface area contributed by atoms with E-state index >= 15 is 0 Å². The normalized spacial score (nSPS) is 17.0. The Bertz CT molecular complexity index is 1540. The van der Waals surface area contributed by atoms with Crippen molar-refractivity contribution in [1.82, 2.24) is 29.4 Å². The number of rotatable bonds is 7. The minimum absolute atomic E-state index is 0.0362. The Morgan fingerprint density at radius 3 is 2.67 bits per heavy atom. The van der Waals surface area contributed by atoms with E-state index in [1.807, 2.05) is 46.7 Å². The van der Waals surface area contributed by atoms with Crippen molar-refractivity contribution in [3.05, 3.63) is 64.7 Å². The maximum absolute atomic E-state index is 12.8. The summed E-state index contributed by atoms with van der Waals surface area (Å²) >= 11 is 6.84. The molecule has 0 spiro atoms. The number of carbonyl (C=O) groups excluding carboxylic acids is 1. The molecule has 2 aliphatic rings. The van der Waals surface area contributed by atoms with Crippen molar-refractivity contribution in [2.75, 3.05) is 13.1 Å².